The quantitative estimate of drug-likeness (QED) is 0.478. The maximum atomic E-state index is 12.8. The topological polar surface area (TPSA) is 52.2 Å². The van der Waals surface area contributed by atoms with E-state index in [1.54, 1.807) is 6.20 Å². The van der Waals surface area contributed by atoms with E-state index in [4.69, 9.17) is 23.2 Å². The first-order valence-corrected chi connectivity index (χ1v) is 9.86. The van der Waals surface area contributed by atoms with E-state index in [1.165, 1.54) is 9.20 Å². The molecule has 5 rings (SSSR count). The molecule has 0 unspecified atom stereocenters. The van der Waals surface area contributed by atoms with Gasteiger partial charge in [-0.3, -0.25) is 0 Å². The summed E-state index contributed by atoms with van der Waals surface area (Å²) in [4.78, 5) is 12.8. The summed E-state index contributed by atoms with van der Waals surface area (Å²) in [6.45, 7) is 0.637. The monoisotopic (exact) mass is 410 g/mol. The molecular formula is C21H16Cl2N4O. The van der Waals surface area contributed by atoms with Crippen molar-refractivity contribution in [3.8, 4) is 22.3 Å². The Morgan fingerprint density at radius 3 is 2.14 bits per heavy atom. The van der Waals surface area contributed by atoms with Crippen LogP contribution in [0.1, 0.15) is 12.8 Å². The maximum absolute atomic E-state index is 12.8. The Hall–Kier alpha value is -2.63. The highest BCUT2D eigenvalue weighted by molar-refractivity contribution is 6.31. The van der Waals surface area contributed by atoms with E-state index in [-0.39, 0.29) is 5.69 Å². The highest BCUT2D eigenvalue weighted by atomic mass is 35.5. The lowest BCUT2D eigenvalue weighted by Crippen LogP contribution is -2.23. The summed E-state index contributed by atoms with van der Waals surface area (Å²) in [5.74, 6) is 0.539. The van der Waals surface area contributed by atoms with Gasteiger partial charge in [0.1, 0.15) is 0 Å². The highest BCUT2D eigenvalue weighted by Crippen LogP contribution is 2.35. The van der Waals surface area contributed by atoms with Crippen molar-refractivity contribution in [2.24, 2.45) is 5.92 Å². The number of hydrogen-bond donors (Lipinski definition) is 0. The predicted octanol–water partition coefficient (Wildman–Crippen LogP) is 4.94. The van der Waals surface area contributed by atoms with Crippen molar-refractivity contribution in [2.45, 2.75) is 19.4 Å². The summed E-state index contributed by atoms with van der Waals surface area (Å²) in [5, 5.41) is 10.3. The normalized spacial score (nSPS) is 13.9. The van der Waals surface area contributed by atoms with E-state index in [0.29, 0.717) is 28.2 Å². The molecular weight excluding hydrogens is 395 g/mol. The van der Waals surface area contributed by atoms with Crippen LogP contribution in [-0.2, 0) is 6.54 Å². The molecule has 2 heterocycles. The van der Waals surface area contributed by atoms with Gasteiger partial charge < -0.3 is 0 Å². The zero-order chi connectivity index (χ0) is 19.3. The van der Waals surface area contributed by atoms with Crippen molar-refractivity contribution in [1.82, 2.24) is 19.4 Å². The Morgan fingerprint density at radius 2 is 1.54 bits per heavy atom. The first-order valence-electron chi connectivity index (χ1n) is 9.11. The third kappa shape index (κ3) is 3.11. The number of nitrogens with zero attached hydrogens (tertiary/aromatic N) is 4. The maximum Gasteiger partial charge on any atom is 0.367 e. The molecule has 28 heavy (non-hydrogen) atoms. The van der Waals surface area contributed by atoms with Gasteiger partial charge in [0.05, 0.1) is 6.20 Å². The van der Waals surface area contributed by atoms with E-state index < -0.39 is 0 Å². The van der Waals surface area contributed by atoms with Gasteiger partial charge in [0, 0.05) is 27.7 Å². The third-order valence-electron chi connectivity index (χ3n) is 5.03. The van der Waals surface area contributed by atoms with Crippen molar-refractivity contribution < 1.29 is 0 Å². The Balaban J connectivity index is 1.78. The zero-order valence-electron chi connectivity index (χ0n) is 14.8. The number of halogens is 2. The SMILES string of the molecule is O=c1n(CC2CC2)nc2c(-c3ccc(Cl)cc3)c(-c3ccc(Cl)cc3)cnn12. The van der Waals surface area contributed by atoms with Crippen LogP contribution in [-0.4, -0.2) is 19.4 Å². The Labute approximate surface area is 171 Å². The largest absolute Gasteiger partial charge is 0.367 e. The molecule has 0 amide bonds. The average Bonchev–Trinajstić information content (AvgIpc) is 3.46. The van der Waals surface area contributed by atoms with Crippen molar-refractivity contribution in [3.05, 3.63) is 75.3 Å². The summed E-state index contributed by atoms with van der Waals surface area (Å²) in [6.07, 6.45) is 4.01. The first-order chi connectivity index (χ1) is 13.6. The van der Waals surface area contributed by atoms with Gasteiger partial charge >= 0.3 is 5.69 Å². The molecule has 0 saturated heterocycles. The summed E-state index contributed by atoms with van der Waals surface area (Å²) < 4.78 is 2.91. The van der Waals surface area contributed by atoms with E-state index in [0.717, 1.165) is 35.1 Å². The van der Waals surface area contributed by atoms with Crippen LogP contribution < -0.4 is 5.69 Å². The summed E-state index contributed by atoms with van der Waals surface area (Å²) in [7, 11) is 0. The molecule has 1 aliphatic rings. The lowest BCUT2D eigenvalue weighted by atomic mass is 9.97. The summed E-state index contributed by atoms with van der Waals surface area (Å²) >= 11 is 12.1. The fourth-order valence-electron chi connectivity index (χ4n) is 3.37. The second-order valence-corrected chi connectivity index (χ2v) is 7.96. The second kappa shape index (κ2) is 6.76. The van der Waals surface area contributed by atoms with Crippen molar-refractivity contribution in [3.63, 3.8) is 0 Å². The molecule has 0 atom stereocenters. The van der Waals surface area contributed by atoms with Crippen molar-refractivity contribution in [2.75, 3.05) is 0 Å². The lowest BCUT2D eigenvalue weighted by molar-refractivity contribution is 0.542. The van der Waals surface area contributed by atoms with E-state index >= 15 is 0 Å². The van der Waals surface area contributed by atoms with Gasteiger partial charge in [0.2, 0.25) is 0 Å². The lowest BCUT2D eigenvalue weighted by Gasteiger charge is -2.11. The molecule has 0 bridgehead atoms. The van der Waals surface area contributed by atoms with E-state index in [9.17, 15) is 4.79 Å². The molecule has 2 aromatic heterocycles. The molecule has 4 aromatic rings. The summed E-state index contributed by atoms with van der Waals surface area (Å²) in [5.41, 5.74) is 3.94. The van der Waals surface area contributed by atoms with Gasteiger partial charge in [-0.1, -0.05) is 47.5 Å². The number of fused-ring (bicyclic) bond motifs is 1. The molecule has 1 fully saturated rings. The first kappa shape index (κ1) is 17.5. The molecule has 1 saturated carbocycles. The van der Waals surface area contributed by atoms with Gasteiger partial charge in [-0.05, 0) is 54.2 Å². The second-order valence-electron chi connectivity index (χ2n) is 7.09. The predicted molar refractivity (Wildman–Crippen MR) is 111 cm³/mol. The molecule has 140 valence electrons. The van der Waals surface area contributed by atoms with Gasteiger partial charge in [-0.2, -0.15) is 9.61 Å². The number of benzene rings is 2. The fraction of sp³-hybridized carbons (Fsp3) is 0.190. The number of rotatable bonds is 4. The van der Waals surface area contributed by atoms with Gasteiger partial charge in [0.15, 0.2) is 5.65 Å². The Kier molecular flexibility index (Phi) is 4.22. The average molecular weight is 411 g/mol. The summed E-state index contributed by atoms with van der Waals surface area (Å²) in [6, 6.07) is 15.1. The van der Waals surface area contributed by atoms with E-state index in [1.807, 2.05) is 48.5 Å². The molecule has 0 radical (unpaired) electrons. The fourth-order valence-corrected chi connectivity index (χ4v) is 3.63. The Bertz CT molecular complexity index is 1220. The van der Waals surface area contributed by atoms with Crippen molar-refractivity contribution >= 4 is 28.8 Å². The van der Waals surface area contributed by atoms with Crippen LogP contribution in [0.3, 0.4) is 0 Å². The molecule has 0 aliphatic heterocycles. The zero-order valence-corrected chi connectivity index (χ0v) is 16.4. The van der Waals surface area contributed by atoms with Crippen LogP contribution in [0.4, 0.5) is 0 Å². The van der Waals surface area contributed by atoms with Gasteiger partial charge in [-0.25, -0.2) is 9.48 Å². The van der Waals surface area contributed by atoms with Crippen LogP contribution in [0.5, 0.6) is 0 Å². The van der Waals surface area contributed by atoms with Gasteiger partial charge in [0.25, 0.3) is 0 Å². The van der Waals surface area contributed by atoms with Crippen LogP contribution in [0.2, 0.25) is 10.0 Å². The molecule has 1 aliphatic carbocycles. The minimum atomic E-state index is -0.209. The minimum Gasteiger partial charge on any atom is -0.244 e. The molecule has 0 N–H and O–H groups in total. The van der Waals surface area contributed by atoms with Crippen LogP contribution in [0, 0.1) is 5.92 Å². The van der Waals surface area contributed by atoms with Crippen LogP contribution in [0.25, 0.3) is 27.9 Å². The van der Waals surface area contributed by atoms with Gasteiger partial charge in [-0.15, -0.1) is 5.10 Å². The third-order valence-corrected chi connectivity index (χ3v) is 5.53. The molecule has 2 aromatic carbocycles. The van der Waals surface area contributed by atoms with Crippen molar-refractivity contribution in [1.29, 1.82) is 0 Å². The van der Waals surface area contributed by atoms with Crippen LogP contribution in [0.15, 0.2) is 59.5 Å². The number of aromatic nitrogens is 4. The number of hydrogen-bond acceptors (Lipinski definition) is 3. The van der Waals surface area contributed by atoms with E-state index in [2.05, 4.69) is 10.2 Å². The highest BCUT2D eigenvalue weighted by Gasteiger charge is 2.25. The molecule has 7 heteroatoms. The minimum absolute atomic E-state index is 0.209. The molecule has 0 spiro atoms. The Morgan fingerprint density at radius 1 is 0.929 bits per heavy atom. The smallest absolute Gasteiger partial charge is 0.244 e. The van der Waals surface area contributed by atoms with Crippen LogP contribution >= 0.6 is 23.2 Å². The standard InChI is InChI=1S/C21H16Cl2N4O/c22-16-7-3-14(4-8-16)18-11-24-27-20(19(18)15-5-9-17(23)10-6-15)25-26(21(27)28)12-13-1-2-13/h3-11,13H,1-2,12H2. The molecule has 5 nitrogen and oxygen atoms in total.